The van der Waals surface area contributed by atoms with Crippen LogP contribution in [0.2, 0.25) is 0 Å². The van der Waals surface area contributed by atoms with E-state index in [2.05, 4.69) is 60.1 Å². The highest BCUT2D eigenvalue weighted by Crippen LogP contribution is 2.19. The zero-order valence-electron chi connectivity index (χ0n) is 12.5. The zero-order chi connectivity index (χ0) is 14.5. The van der Waals surface area contributed by atoms with Gasteiger partial charge in [0.1, 0.15) is 5.82 Å². The molecule has 1 atom stereocenters. The molecule has 0 saturated carbocycles. The number of anilines is 1. The Hall–Kier alpha value is -1.87. The first-order chi connectivity index (χ1) is 9.58. The molecule has 1 heterocycles. The summed E-state index contributed by atoms with van der Waals surface area (Å²) in [5.41, 5.74) is 8.23. The molecule has 0 unspecified atom stereocenters. The van der Waals surface area contributed by atoms with Gasteiger partial charge in [-0.05, 0) is 38.0 Å². The summed E-state index contributed by atoms with van der Waals surface area (Å²) in [6, 6.07) is 15.0. The number of benzene rings is 1. The second-order valence-electron chi connectivity index (χ2n) is 5.45. The molecular weight excluding hydrogens is 246 g/mol. The van der Waals surface area contributed by atoms with Crippen LogP contribution in [-0.2, 0) is 6.54 Å². The van der Waals surface area contributed by atoms with E-state index in [1.165, 1.54) is 5.56 Å². The molecule has 20 heavy (non-hydrogen) atoms. The van der Waals surface area contributed by atoms with E-state index in [0.29, 0.717) is 6.04 Å². The lowest BCUT2D eigenvalue weighted by Crippen LogP contribution is -2.30. The monoisotopic (exact) mass is 269 g/mol. The number of nitrogens with zero attached hydrogens (tertiary/aromatic N) is 2. The Morgan fingerprint density at radius 3 is 2.25 bits per heavy atom. The summed E-state index contributed by atoms with van der Waals surface area (Å²) in [6.07, 6.45) is 1.88. The number of nitrogens with two attached hydrogens (primary N) is 1. The molecule has 2 aromatic rings. The standard InChI is InChI=1S/C17H23N3/c1-13(2)20(12-15-7-5-4-6-8-15)17-10-9-16(11-19-17)14(3)18/h4-11,13-14H,12,18H2,1-3H3/t14-/m1/s1. The summed E-state index contributed by atoms with van der Waals surface area (Å²) in [6.45, 7) is 7.21. The molecular formula is C17H23N3. The van der Waals surface area contributed by atoms with Crippen molar-refractivity contribution in [3.63, 3.8) is 0 Å². The van der Waals surface area contributed by atoms with Gasteiger partial charge in [-0.25, -0.2) is 4.98 Å². The fraction of sp³-hybridized carbons (Fsp3) is 0.353. The van der Waals surface area contributed by atoms with Crippen LogP contribution in [0.5, 0.6) is 0 Å². The molecule has 0 bridgehead atoms. The third-order valence-corrected chi connectivity index (χ3v) is 3.41. The number of aromatic nitrogens is 1. The quantitative estimate of drug-likeness (QED) is 0.903. The smallest absolute Gasteiger partial charge is 0.129 e. The highest BCUT2D eigenvalue weighted by atomic mass is 15.2. The average Bonchev–Trinajstić information content (AvgIpc) is 2.45. The van der Waals surface area contributed by atoms with Crippen LogP contribution in [0.4, 0.5) is 5.82 Å². The first-order valence-electron chi connectivity index (χ1n) is 7.10. The third kappa shape index (κ3) is 3.58. The van der Waals surface area contributed by atoms with E-state index in [0.717, 1.165) is 17.9 Å². The average molecular weight is 269 g/mol. The lowest BCUT2D eigenvalue weighted by Gasteiger charge is -2.28. The minimum Gasteiger partial charge on any atom is -0.350 e. The second-order valence-corrected chi connectivity index (χ2v) is 5.45. The van der Waals surface area contributed by atoms with Crippen molar-refractivity contribution in [2.24, 2.45) is 5.73 Å². The maximum absolute atomic E-state index is 5.87. The third-order valence-electron chi connectivity index (χ3n) is 3.41. The van der Waals surface area contributed by atoms with Crippen molar-refractivity contribution < 1.29 is 0 Å². The minimum atomic E-state index is 0.0261. The van der Waals surface area contributed by atoms with Crippen molar-refractivity contribution in [1.29, 1.82) is 0 Å². The highest BCUT2D eigenvalue weighted by molar-refractivity contribution is 5.41. The summed E-state index contributed by atoms with van der Waals surface area (Å²) < 4.78 is 0. The van der Waals surface area contributed by atoms with Crippen LogP contribution >= 0.6 is 0 Å². The molecule has 0 radical (unpaired) electrons. The predicted molar refractivity (Wildman–Crippen MR) is 84.6 cm³/mol. The van der Waals surface area contributed by atoms with Crippen molar-refractivity contribution in [3.05, 3.63) is 59.8 Å². The van der Waals surface area contributed by atoms with E-state index < -0.39 is 0 Å². The molecule has 0 aliphatic heterocycles. The number of hydrogen-bond acceptors (Lipinski definition) is 3. The molecule has 0 aliphatic rings. The fourth-order valence-corrected chi connectivity index (χ4v) is 2.14. The predicted octanol–water partition coefficient (Wildman–Crippen LogP) is 3.52. The largest absolute Gasteiger partial charge is 0.350 e. The maximum Gasteiger partial charge on any atom is 0.129 e. The molecule has 0 aliphatic carbocycles. The van der Waals surface area contributed by atoms with Crippen molar-refractivity contribution in [3.8, 4) is 0 Å². The molecule has 0 saturated heterocycles. The van der Waals surface area contributed by atoms with E-state index in [9.17, 15) is 0 Å². The minimum absolute atomic E-state index is 0.0261. The zero-order valence-corrected chi connectivity index (χ0v) is 12.5. The maximum atomic E-state index is 5.87. The molecule has 1 aromatic carbocycles. The van der Waals surface area contributed by atoms with Gasteiger partial charge in [-0.3, -0.25) is 0 Å². The summed E-state index contributed by atoms with van der Waals surface area (Å²) in [7, 11) is 0. The topological polar surface area (TPSA) is 42.1 Å². The first-order valence-corrected chi connectivity index (χ1v) is 7.10. The van der Waals surface area contributed by atoms with Crippen molar-refractivity contribution in [2.75, 3.05) is 4.90 Å². The Bertz CT molecular complexity index is 518. The van der Waals surface area contributed by atoms with Crippen molar-refractivity contribution in [1.82, 2.24) is 4.98 Å². The SMILES string of the molecule is CC(C)N(Cc1ccccc1)c1ccc([C@@H](C)N)cn1. The van der Waals surface area contributed by atoms with E-state index in [4.69, 9.17) is 5.73 Å². The van der Waals surface area contributed by atoms with Gasteiger partial charge in [-0.2, -0.15) is 0 Å². The highest BCUT2D eigenvalue weighted by Gasteiger charge is 2.12. The van der Waals surface area contributed by atoms with Gasteiger partial charge >= 0.3 is 0 Å². The fourth-order valence-electron chi connectivity index (χ4n) is 2.14. The Morgan fingerprint density at radius 1 is 1.05 bits per heavy atom. The molecule has 1 aromatic heterocycles. The molecule has 2 rings (SSSR count). The first kappa shape index (κ1) is 14.5. The van der Waals surface area contributed by atoms with E-state index in [1.54, 1.807) is 0 Å². The summed E-state index contributed by atoms with van der Waals surface area (Å²) in [4.78, 5) is 6.86. The molecule has 2 N–H and O–H groups in total. The molecule has 106 valence electrons. The Morgan fingerprint density at radius 2 is 1.75 bits per heavy atom. The van der Waals surface area contributed by atoms with Crippen molar-refractivity contribution in [2.45, 2.75) is 39.4 Å². The van der Waals surface area contributed by atoms with Gasteiger partial charge < -0.3 is 10.6 Å². The van der Waals surface area contributed by atoms with Crippen LogP contribution in [0, 0.1) is 0 Å². The van der Waals surface area contributed by atoms with Crippen LogP contribution in [0.15, 0.2) is 48.7 Å². The normalized spacial score (nSPS) is 12.4. The summed E-state index contributed by atoms with van der Waals surface area (Å²) >= 11 is 0. The Kier molecular flexibility index (Phi) is 4.74. The van der Waals surface area contributed by atoms with Crippen LogP contribution in [0.25, 0.3) is 0 Å². The van der Waals surface area contributed by atoms with Crippen LogP contribution in [-0.4, -0.2) is 11.0 Å². The molecule has 0 amide bonds. The van der Waals surface area contributed by atoms with Crippen molar-refractivity contribution >= 4 is 5.82 Å². The van der Waals surface area contributed by atoms with Gasteiger partial charge in [0.2, 0.25) is 0 Å². The second kappa shape index (κ2) is 6.53. The molecule has 0 fully saturated rings. The summed E-state index contributed by atoms with van der Waals surface area (Å²) in [5.74, 6) is 0.994. The van der Waals surface area contributed by atoms with Gasteiger partial charge in [-0.1, -0.05) is 36.4 Å². The lowest BCUT2D eigenvalue weighted by molar-refractivity contribution is 0.671. The van der Waals surface area contributed by atoms with E-state index in [-0.39, 0.29) is 6.04 Å². The van der Waals surface area contributed by atoms with Gasteiger partial charge in [0.05, 0.1) is 0 Å². The van der Waals surface area contributed by atoms with Gasteiger partial charge in [-0.15, -0.1) is 0 Å². The van der Waals surface area contributed by atoms with Gasteiger partial charge in [0.25, 0.3) is 0 Å². The van der Waals surface area contributed by atoms with Crippen LogP contribution in [0.1, 0.15) is 37.9 Å². The number of pyridine rings is 1. The van der Waals surface area contributed by atoms with Gasteiger partial charge in [0, 0.05) is 24.8 Å². The van der Waals surface area contributed by atoms with E-state index >= 15 is 0 Å². The Labute approximate surface area is 121 Å². The van der Waals surface area contributed by atoms with Gasteiger partial charge in [0.15, 0.2) is 0 Å². The van der Waals surface area contributed by atoms with Crippen LogP contribution in [0.3, 0.4) is 0 Å². The number of hydrogen-bond donors (Lipinski definition) is 1. The lowest BCUT2D eigenvalue weighted by atomic mass is 10.1. The number of rotatable bonds is 5. The molecule has 3 heteroatoms. The summed E-state index contributed by atoms with van der Waals surface area (Å²) in [5, 5.41) is 0. The Balaban J connectivity index is 2.20. The molecule has 3 nitrogen and oxygen atoms in total. The molecule has 0 spiro atoms. The van der Waals surface area contributed by atoms with E-state index in [1.807, 2.05) is 19.2 Å². The van der Waals surface area contributed by atoms with Crippen LogP contribution < -0.4 is 10.6 Å².